The second kappa shape index (κ2) is 8.17. The Balaban J connectivity index is 3.02. The lowest BCUT2D eigenvalue weighted by atomic mass is 9.96. The van der Waals surface area contributed by atoms with E-state index in [9.17, 15) is 14.4 Å². The van der Waals surface area contributed by atoms with E-state index in [0.29, 0.717) is 17.9 Å². The summed E-state index contributed by atoms with van der Waals surface area (Å²) in [7, 11) is 0. The van der Waals surface area contributed by atoms with Gasteiger partial charge in [-0.1, -0.05) is 13.0 Å². The van der Waals surface area contributed by atoms with Crippen molar-refractivity contribution in [3.8, 4) is 11.5 Å². The first-order valence-corrected chi connectivity index (χ1v) is 7.11. The smallest absolute Gasteiger partial charge is 0.308 e. The third kappa shape index (κ3) is 5.55. The minimum absolute atomic E-state index is 0.0761. The first-order chi connectivity index (χ1) is 10.3. The van der Waals surface area contributed by atoms with Crippen molar-refractivity contribution in [2.75, 3.05) is 6.54 Å². The number of rotatable bonds is 6. The predicted molar refractivity (Wildman–Crippen MR) is 80.8 cm³/mol. The van der Waals surface area contributed by atoms with Gasteiger partial charge < -0.3 is 14.8 Å². The van der Waals surface area contributed by atoms with E-state index in [2.05, 4.69) is 5.32 Å². The zero-order chi connectivity index (χ0) is 16.7. The highest BCUT2D eigenvalue weighted by molar-refractivity contribution is 5.77. The summed E-state index contributed by atoms with van der Waals surface area (Å²) < 4.78 is 10.1. The van der Waals surface area contributed by atoms with Crippen LogP contribution in [0.25, 0.3) is 0 Å². The average molecular weight is 307 g/mol. The molecule has 0 fully saturated rings. The Morgan fingerprint density at radius 2 is 1.77 bits per heavy atom. The summed E-state index contributed by atoms with van der Waals surface area (Å²) in [6, 6.07) is 4.78. The minimum Gasteiger partial charge on any atom is -0.427 e. The fourth-order valence-electron chi connectivity index (χ4n) is 2.05. The van der Waals surface area contributed by atoms with Gasteiger partial charge >= 0.3 is 11.9 Å². The van der Waals surface area contributed by atoms with Crippen LogP contribution in [-0.4, -0.2) is 24.4 Å². The zero-order valence-electron chi connectivity index (χ0n) is 13.3. The Kier molecular flexibility index (Phi) is 6.56. The number of amides is 1. The van der Waals surface area contributed by atoms with Gasteiger partial charge in [0.15, 0.2) is 0 Å². The number of carbonyl (C=O) groups excluding carboxylic acids is 3. The van der Waals surface area contributed by atoms with Crippen molar-refractivity contribution in [3.63, 3.8) is 0 Å². The molecule has 120 valence electrons. The summed E-state index contributed by atoms with van der Waals surface area (Å²) in [5.41, 5.74) is 0.706. The van der Waals surface area contributed by atoms with Crippen LogP contribution in [0.15, 0.2) is 18.2 Å². The second-order valence-corrected chi connectivity index (χ2v) is 4.95. The molecular formula is C16H21NO5. The van der Waals surface area contributed by atoms with Gasteiger partial charge in [-0.25, -0.2) is 0 Å². The third-order valence-electron chi connectivity index (χ3n) is 2.90. The van der Waals surface area contributed by atoms with Gasteiger partial charge in [-0.15, -0.1) is 0 Å². The fourth-order valence-corrected chi connectivity index (χ4v) is 2.05. The molecule has 1 N–H and O–H groups in total. The van der Waals surface area contributed by atoms with Crippen LogP contribution in [0.3, 0.4) is 0 Å². The van der Waals surface area contributed by atoms with Crippen molar-refractivity contribution in [1.82, 2.24) is 5.32 Å². The van der Waals surface area contributed by atoms with Gasteiger partial charge in [0, 0.05) is 32.9 Å². The summed E-state index contributed by atoms with van der Waals surface area (Å²) in [6.45, 7) is 6.85. The van der Waals surface area contributed by atoms with Crippen LogP contribution in [0, 0.1) is 0 Å². The van der Waals surface area contributed by atoms with Gasteiger partial charge in [-0.3, -0.25) is 14.4 Å². The van der Waals surface area contributed by atoms with Crippen molar-refractivity contribution < 1.29 is 23.9 Å². The Hall–Kier alpha value is -2.37. The SMILES string of the molecule is CCNC(=O)CC(C)c1ccc(OC(C)=O)cc1OC(C)=O. The Morgan fingerprint density at radius 1 is 1.14 bits per heavy atom. The molecule has 22 heavy (non-hydrogen) atoms. The molecule has 0 aliphatic rings. The maximum absolute atomic E-state index is 11.7. The van der Waals surface area contributed by atoms with Crippen LogP contribution in [0.5, 0.6) is 11.5 Å². The molecule has 6 heteroatoms. The van der Waals surface area contributed by atoms with Gasteiger partial charge in [0.2, 0.25) is 5.91 Å². The standard InChI is InChI=1S/C16H21NO5/c1-5-17-16(20)8-10(2)14-7-6-13(21-11(3)18)9-15(14)22-12(4)19/h6-7,9-10H,5,8H2,1-4H3,(H,17,20). The molecule has 1 atom stereocenters. The monoisotopic (exact) mass is 307 g/mol. The minimum atomic E-state index is -0.480. The molecule has 1 aromatic rings. The number of hydrogen-bond acceptors (Lipinski definition) is 5. The van der Waals surface area contributed by atoms with E-state index in [1.807, 2.05) is 13.8 Å². The van der Waals surface area contributed by atoms with E-state index in [0.717, 1.165) is 0 Å². The van der Waals surface area contributed by atoms with E-state index >= 15 is 0 Å². The van der Waals surface area contributed by atoms with Crippen LogP contribution in [0.4, 0.5) is 0 Å². The second-order valence-electron chi connectivity index (χ2n) is 4.95. The van der Waals surface area contributed by atoms with Crippen LogP contribution < -0.4 is 14.8 Å². The number of hydrogen-bond donors (Lipinski definition) is 1. The fraction of sp³-hybridized carbons (Fsp3) is 0.438. The molecule has 1 amide bonds. The van der Waals surface area contributed by atoms with E-state index < -0.39 is 11.9 Å². The highest BCUT2D eigenvalue weighted by atomic mass is 16.5. The quantitative estimate of drug-likeness (QED) is 0.643. The maximum Gasteiger partial charge on any atom is 0.308 e. The normalized spacial score (nSPS) is 11.5. The molecule has 0 bridgehead atoms. The molecule has 0 aliphatic carbocycles. The Morgan fingerprint density at radius 3 is 2.32 bits per heavy atom. The molecule has 1 rings (SSSR count). The third-order valence-corrected chi connectivity index (χ3v) is 2.90. The van der Waals surface area contributed by atoms with Gasteiger partial charge in [0.1, 0.15) is 11.5 Å². The Bertz CT molecular complexity index is 568. The molecule has 0 aliphatic heterocycles. The van der Waals surface area contributed by atoms with Crippen LogP contribution in [-0.2, 0) is 14.4 Å². The first kappa shape index (κ1) is 17.7. The Labute approximate surface area is 129 Å². The van der Waals surface area contributed by atoms with Crippen LogP contribution in [0.2, 0.25) is 0 Å². The predicted octanol–water partition coefficient (Wildman–Crippen LogP) is 2.17. The average Bonchev–Trinajstić information content (AvgIpc) is 2.37. The maximum atomic E-state index is 11.7. The summed E-state index contributed by atoms with van der Waals surface area (Å²) in [6.07, 6.45) is 0.273. The number of nitrogens with one attached hydrogen (secondary N) is 1. The topological polar surface area (TPSA) is 81.7 Å². The van der Waals surface area contributed by atoms with Crippen LogP contribution in [0.1, 0.15) is 45.6 Å². The van der Waals surface area contributed by atoms with Gasteiger partial charge in [-0.2, -0.15) is 0 Å². The summed E-state index contributed by atoms with van der Waals surface area (Å²) >= 11 is 0. The highest BCUT2D eigenvalue weighted by Gasteiger charge is 2.17. The molecule has 6 nitrogen and oxygen atoms in total. The van der Waals surface area contributed by atoms with Crippen molar-refractivity contribution in [2.24, 2.45) is 0 Å². The van der Waals surface area contributed by atoms with Crippen molar-refractivity contribution >= 4 is 17.8 Å². The number of benzene rings is 1. The molecule has 1 unspecified atom stereocenters. The van der Waals surface area contributed by atoms with Crippen molar-refractivity contribution in [3.05, 3.63) is 23.8 Å². The van der Waals surface area contributed by atoms with E-state index in [1.54, 1.807) is 12.1 Å². The highest BCUT2D eigenvalue weighted by Crippen LogP contribution is 2.32. The summed E-state index contributed by atoms with van der Waals surface area (Å²) in [4.78, 5) is 33.9. The lowest BCUT2D eigenvalue weighted by molar-refractivity contribution is -0.132. The lowest BCUT2D eigenvalue weighted by Gasteiger charge is -2.16. The van der Waals surface area contributed by atoms with Gasteiger partial charge in [0.25, 0.3) is 0 Å². The van der Waals surface area contributed by atoms with Crippen molar-refractivity contribution in [2.45, 2.75) is 40.0 Å². The molecule has 0 saturated heterocycles. The lowest BCUT2D eigenvalue weighted by Crippen LogP contribution is -2.24. The van der Waals surface area contributed by atoms with Crippen LogP contribution >= 0.6 is 0 Å². The molecule has 1 aromatic carbocycles. The number of carbonyl (C=O) groups is 3. The summed E-state index contributed by atoms with van der Waals surface area (Å²) in [5, 5.41) is 2.73. The molecule has 0 radical (unpaired) electrons. The summed E-state index contributed by atoms with van der Waals surface area (Å²) in [5.74, 6) is -0.579. The van der Waals surface area contributed by atoms with Gasteiger partial charge in [0.05, 0.1) is 0 Å². The number of ether oxygens (including phenoxy) is 2. The van der Waals surface area contributed by atoms with Crippen molar-refractivity contribution in [1.29, 1.82) is 0 Å². The zero-order valence-corrected chi connectivity index (χ0v) is 13.3. The van der Waals surface area contributed by atoms with Gasteiger partial charge in [-0.05, 0) is 24.5 Å². The van der Waals surface area contributed by atoms with E-state index in [-0.39, 0.29) is 24.0 Å². The molecular weight excluding hydrogens is 286 g/mol. The number of esters is 2. The molecule has 0 aromatic heterocycles. The van der Waals surface area contributed by atoms with E-state index in [1.165, 1.54) is 19.9 Å². The molecule has 0 saturated carbocycles. The molecule has 0 heterocycles. The molecule has 0 spiro atoms. The van der Waals surface area contributed by atoms with E-state index in [4.69, 9.17) is 9.47 Å². The largest absolute Gasteiger partial charge is 0.427 e. The first-order valence-electron chi connectivity index (χ1n) is 7.11.